The van der Waals surface area contributed by atoms with Gasteiger partial charge in [-0.25, -0.2) is 0 Å². The van der Waals surface area contributed by atoms with E-state index in [2.05, 4.69) is 19.2 Å². The van der Waals surface area contributed by atoms with E-state index in [0.717, 1.165) is 5.56 Å². The average Bonchev–Trinajstić information content (AvgIpc) is 2.35. The molecule has 1 aromatic carbocycles. The van der Waals surface area contributed by atoms with E-state index in [0.29, 0.717) is 19.0 Å². The number of hydrogen-bond donors (Lipinski definition) is 2. The number of amides is 1. The lowest BCUT2D eigenvalue weighted by molar-refractivity contribution is -0.122. The first-order valence-electron chi connectivity index (χ1n) is 6.66. The van der Waals surface area contributed by atoms with Gasteiger partial charge in [-0.15, -0.1) is 0 Å². The third-order valence-electron chi connectivity index (χ3n) is 3.11. The molecule has 0 bridgehead atoms. The molecule has 0 radical (unpaired) electrons. The Labute approximate surface area is 115 Å². The highest BCUT2D eigenvalue weighted by atomic mass is 16.3. The predicted molar refractivity (Wildman–Crippen MR) is 77.0 cm³/mol. The molecular weight excluding hydrogens is 240 g/mol. The molecule has 1 amide bonds. The minimum absolute atomic E-state index is 0.0307. The van der Waals surface area contributed by atoms with Crippen molar-refractivity contribution in [2.24, 2.45) is 5.92 Å². The standard InChI is InChI=1S/C15H24N2O2/c1-11(2)9-16-15(19)10-17(4)12(3)13-6-5-7-14(18)8-13/h5-8,11-12,18H,9-10H2,1-4H3,(H,16,19). The van der Waals surface area contributed by atoms with E-state index in [4.69, 9.17) is 0 Å². The van der Waals surface area contributed by atoms with Crippen molar-refractivity contribution in [3.63, 3.8) is 0 Å². The van der Waals surface area contributed by atoms with Crippen LogP contribution in [0.1, 0.15) is 32.4 Å². The summed E-state index contributed by atoms with van der Waals surface area (Å²) in [6, 6.07) is 7.22. The van der Waals surface area contributed by atoms with Crippen molar-refractivity contribution in [1.29, 1.82) is 0 Å². The molecule has 0 saturated heterocycles. The van der Waals surface area contributed by atoms with Crippen LogP contribution in [0.15, 0.2) is 24.3 Å². The maximum Gasteiger partial charge on any atom is 0.234 e. The van der Waals surface area contributed by atoms with Crippen LogP contribution >= 0.6 is 0 Å². The molecule has 0 aromatic heterocycles. The van der Waals surface area contributed by atoms with E-state index >= 15 is 0 Å². The van der Waals surface area contributed by atoms with Crippen molar-refractivity contribution < 1.29 is 9.90 Å². The fraction of sp³-hybridized carbons (Fsp3) is 0.533. The Kier molecular flexibility index (Phi) is 5.83. The van der Waals surface area contributed by atoms with E-state index in [1.807, 2.05) is 31.0 Å². The SMILES string of the molecule is CC(C)CNC(=O)CN(C)C(C)c1cccc(O)c1. The minimum atomic E-state index is 0.0307. The summed E-state index contributed by atoms with van der Waals surface area (Å²) in [5.74, 6) is 0.739. The highest BCUT2D eigenvalue weighted by Crippen LogP contribution is 2.21. The second-order valence-corrected chi connectivity index (χ2v) is 5.38. The zero-order valence-electron chi connectivity index (χ0n) is 12.2. The summed E-state index contributed by atoms with van der Waals surface area (Å²) >= 11 is 0. The van der Waals surface area contributed by atoms with Crippen molar-refractivity contribution in [3.05, 3.63) is 29.8 Å². The molecule has 0 aliphatic heterocycles. The number of carbonyl (C=O) groups excluding carboxylic acids is 1. The van der Waals surface area contributed by atoms with Gasteiger partial charge in [-0.05, 0) is 37.6 Å². The van der Waals surface area contributed by atoms with E-state index in [1.54, 1.807) is 12.1 Å². The van der Waals surface area contributed by atoms with E-state index < -0.39 is 0 Å². The lowest BCUT2D eigenvalue weighted by Gasteiger charge is -2.24. The number of phenolic OH excluding ortho intramolecular Hbond substituents is 1. The highest BCUT2D eigenvalue weighted by molar-refractivity contribution is 5.78. The van der Waals surface area contributed by atoms with E-state index in [9.17, 15) is 9.90 Å². The molecule has 0 saturated carbocycles. The van der Waals surface area contributed by atoms with Crippen LogP contribution in [0, 0.1) is 5.92 Å². The van der Waals surface area contributed by atoms with E-state index in [1.165, 1.54) is 0 Å². The molecule has 4 heteroatoms. The second-order valence-electron chi connectivity index (χ2n) is 5.38. The lowest BCUT2D eigenvalue weighted by Crippen LogP contribution is -2.37. The number of nitrogens with zero attached hydrogens (tertiary/aromatic N) is 1. The summed E-state index contributed by atoms with van der Waals surface area (Å²) in [6.07, 6.45) is 0. The van der Waals surface area contributed by atoms with Crippen LogP contribution in [0.4, 0.5) is 0 Å². The van der Waals surface area contributed by atoms with Gasteiger partial charge in [-0.3, -0.25) is 9.69 Å². The van der Waals surface area contributed by atoms with Gasteiger partial charge >= 0.3 is 0 Å². The molecular formula is C15H24N2O2. The Balaban J connectivity index is 2.53. The summed E-state index contributed by atoms with van der Waals surface area (Å²) < 4.78 is 0. The molecule has 106 valence electrons. The van der Waals surface area contributed by atoms with Gasteiger partial charge < -0.3 is 10.4 Å². The zero-order chi connectivity index (χ0) is 14.4. The number of rotatable bonds is 6. The fourth-order valence-electron chi connectivity index (χ4n) is 1.78. The summed E-state index contributed by atoms with van der Waals surface area (Å²) in [5.41, 5.74) is 0.999. The number of nitrogens with one attached hydrogen (secondary N) is 1. The largest absolute Gasteiger partial charge is 0.508 e. The molecule has 2 N–H and O–H groups in total. The topological polar surface area (TPSA) is 52.6 Å². The van der Waals surface area contributed by atoms with Crippen LogP contribution < -0.4 is 5.32 Å². The average molecular weight is 264 g/mol. The van der Waals surface area contributed by atoms with Gasteiger partial charge in [0.2, 0.25) is 5.91 Å². The number of hydrogen-bond acceptors (Lipinski definition) is 3. The monoisotopic (exact) mass is 264 g/mol. The first kappa shape index (κ1) is 15.5. The maximum atomic E-state index is 11.8. The molecule has 1 atom stereocenters. The Morgan fingerprint density at radius 1 is 1.37 bits per heavy atom. The van der Waals surface area contributed by atoms with Crippen LogP contribution in [-0.4, -0.2) is 36.1 Å². The lowest BCUT2D eigenvalue weighted by atomic mass is 10.1. The smallest absolute Gasteiger partial charge is 0.234 e. The Morgan fingerprint density at radius 2 is 2.05 bits per heavy atom. The maximum absolute atomic E-state index is 11.8. The first-order chi connectivity index (χ1) is 8.90. The van der Waals surface area contributed by atoms with Gasteiger partial charge in [0.05, 0.1) is 6.54 Å². The van der Waals surface area contributed by atoms with Crippen LogP contribution in [-0.2, 0) is 4.79 Å². The molecule has 1 rings (SSSR count). The van der Waals surface area contributed by atoms with E-state index in [-0.39, 0.29) is 17.7 Å². The van der Waals surface area contributed by atoms with Gasteiger partial charge in [-0.1, -0.05) is 26.0 Å². The molecule has 4 nitrogen and oxygen atoms in total. The summed E-state index contributed by atoms with van der Waals surface area (Å²) in [4.78, 5) is 13.7. The Hall–Kier alpha value is -1.55. The second kappa shape index (κ2) is 7.14. The minimum Gasteiger partial charge on any atom is -0.508 e. The quantitative estimate of drug-likeness (QED) is 0.828. The van der Waals surface area contributed by atoms with Gasteiger partial charge in [0.25, 0.3) is 0 Å². The zero-order valence-corrected chi connectivity index (χ0v) is 12.2. The molecule has 0 fully saturated rings. The summed E-state index contributed by atoms with van der Waals surface area (Å²) in [6.45, 7) is 7.21. The van der Waals surface area contributed by atoms with Gasteiger partial charge in [0, 0.05) is 12.6 Å². The van der Waals surface area contributed by atoms with Crippen molar-refractivity contribution in [2.75, 3.05) is 20.1 Å². The normalized spacial score (nSPS) is 12.7. The third kappa shape index (κ3) is 5.30. The molecule has 0 spiro atoms. The van der Waals surface area contributed by atoms with Crippen LogP contribution in [0.2, 0.25) is 0 Å². The number of aromatic hydroxyl groups is 1. The molecule has 0 aliphatic rings. The fourth-order valence-corrected chi connectivity index (χ4v) is 1.78. The number of benzene rings is 1. The molecule has 0 aliphatic carbocycles. The highest BCUT2D eigenvalue weighted by Gasteiger charge is 2.15. The predicted octanol–water partition coefficient (Wildman–Crippen LogP) is 2.16. The third-order valence-corrected chi connectivity index (χ3v) is 3.11. The van der Waals surface area contributed by atoms with Crippen LogP contribution in [0.5, 0.6) is 5.75 Å². The number of carbonyl (C=O) groups is 1. The molecule has 0 heterocycles. The summed E-state index contributed by atoms with van der Waals surface area (Å²) in [5, 5.41) is 12.4. The van der Waals surface area contributed by atoms with Crippen molar-refractivity contribution >= 4 is 5.91 Å². The van der Waals surface area contributed by atoms with Crippen LogP contribution in [0.3, 0.4) is 0 Å². The first-order valence-corrected chi connectivity index (χ1v) is 6.66. The van der Waals surface area contributed by atoms with Crippen molar-refractivity contribution in [2.45, 2.75) is 26.8 Å². The summed E-state index contributed by atoms with van der Waals surface area (Å²) in [7, 11) is 1.91. The molecule has 19 heavy (non-hydrogen) atoms. The van der Waals surface area contributed by atoms with Gasteiger partial charge in [0.15, 0.2) is 0 Å². The van der Waals surface area contributed by atoms with Crippen molar-refractivity contribution in [1.82, 2.24) is 10.2 Å². The van der Waals surface area contributed by atoms with Gasteiger partial charge in [-0.2, -0.15) is 0 Å². The Morgan fingerprint density at radius 3 is 2.63 bits per heavy atom. The molecule has 1 aromatic rings. The van der Waals surface area contributed by atoms with Crippen LogP contribution in [0.25, 0.3) is 0 Å². The Bertz CT molecular complexity index is 418. The number of phenols is 1. The number of likely N-dealkylation sites (N-methyl/N-ethyl adjacent to an activating group) is 1. The van der Waals surface area contributed by atoms with Gasteiger partial charge in [0.1, 0.15) is 5.75 Å². The van der Waals surface area contributed by atoms with Crippen molar-refractivity contribution in [3.8, 4) is 5.75 Å². The molecule has 1 unspecified atom stereocenters.